The molecule has 2 heterocycles. The summed E-state index contributed by atoms with van der Waals surface area (Å²) in [6.07, 6.45) is 3.05. The van der Waals surface area contributed by atoms with E-state index in [4.69, 9.17) is 11.6 Å². The van der Waals surface area contributed by atoms with Crippen LogP contribution in [0.2, 0.25) is 5.02 Å². The van der Waals surface area contributed by atoms with Gasteiger partial charge in [0.2, 0.25) is 11.8 Å². The van der Waals surface area contributed by atoms with Crippen LogP contribution in [0.1, 0.15) is 5.56 Å². The summed E-state index contributed by atoms with van der Waals surface area (Å²) in [5.41, 5.74) is 1.16. The van der Waals surface area contributed by atoms with Crippen molar-refractivity contribution in [3.63, 3.8) is 0 Å². The number of hydrogen-bond acceptors (Lipinski definition) is 5. The van der Waals surface area contributed by atoms with E-state index in [2.05, 4.69) is 17.0 Å². The van der Waals surface area contributed by atoms with Gasteiger partial charge in [-0.1, -0.05) is 23.7 Å². The third kappa shape index (κ3) is 4.06. The smallest absolute Gasteiger partial charge is 0.292 e. The number of carbonyl (C=O) groups excluding carboxylic acids is 2. The van der Waals surface area contributed by atoms with Crippen LogP contribution in [0.25, 0.3) is 0 Å². The number of fused-ring (bicyclic) bond motifs is 1. The average molecular weight is 405 g/mol. The lowest BCUT2D eigenvalue weighted by Crippen LogP contribution is -2.42. The first-order valence-electron chi connectivity index (χ1n) is 8.11. The van der Waals surface area contributed by atoms with Crippen molar-refractivity contribution in [3.05, 3.63) is 58.0 Å². The molecule has 0 fully saturated rings. The van der Waals surface area contributed by atoms with E-state index in [9.17, 15) is 14.4 Å². The Hall–Kier alpha value is -2.58. The van der Waals surface area contributed by atoms with E-state index in [1.807, 2.05) is 6.92 Å². The lowest BCUT2D eigenvalue weighted by atomic mass is 10.2. The van der Waals surface area contributed by atoms with Gasteiger partial charge in [-0.05, 0) is 24.6 Å². The molecule has 1 aliphatic heterocycles. The van der Waals surface area contributed by atoms with Gasteiger partial charge in [-0.25, -0.2) is 4.68 Å². The normalized spacial score (nSPS) is 13.3. The van der Waals surface area contributed by atoms with Crippen molar-refractivity contribution in [1.82, 2.24) is 9.78 Å². The van der Waals surface area contributed by atoms with Gasteiger partial charge in [0, 0.05) is 17.3 Å². The second-order valence-electron chi connectivity index (χ2n) is 5.91. The number of rotatable bonds is 5. The van der Waals surface area contributed by atoms with Crippen molar-refractivity contribution in [2.45, 2.75) is 18.4 Å². The standard InChI is InChI=1S/C18H17ClN4O3S/c1-3-6-22-16(25)10-27-14-8-20-23(18(26)17(14)22)9-15(24)21-12-5-4-11(2)13(19)7-12/h3-5,7-8H,1,6,9-10H2,2H3,(H,21,24). The second-order valence-corrected chi connectivity index (χ2v) is 7.34. The fourth-order valence-corrected chi connectivity index (χ4v) is 3.67. The van der Waals surface area contributed by atoms with Crippen molar-refractivity contribution >= 4 is 46.6 Å². The summed E-state index contributed by atoms with van der Waals surface area (Å²) in [7, 11) is 0. The van der Waals surface area contributed by atoms with E-state index < -0.39 is 11.5 Å². The molecule has 0 unspecified atom stereocenters. The Bertz CT molecular complexity index is 989. The molecule has 9 heteroatoms. The topological polar surface area (TPSA) is 84.3 Å². The van der Waals surface area contributed by atoms with Gasteiger partial charge in [-0.15, -0.1) is 18.3 Å². The molecule has 1 aromatic heterocycles. The average Bonchev–Trinajstić information content (AvgIpc) is 2.63. The van der Waals surface area contributed by atoms with Crippen LogP contribution in [-0.2, 0) is 16.1 Å². The van der Waals surface area contributed by atoms with Gasteiger partial charge >= 0.3 is 0 Å². The minimum absolute atomic E-state index is 0.180. The first kappa shape index (κ1) is 19.2. The molecule has 140 valence electrons. The molecule has 2 aromatic rings. The highest BCUT2D eigenvalue weighted by molar-refractivity contribution is 8.00. The number of aryl methyl sites for hydroxylation is 1. The maximum atomic E-state index is 12.8. The fourth-order valence-electron chi connectivity index (χ4n) is 2.60. The highest BCUT2D eigenvalue weighted by atomic mass is 35.5. The zero-order chi connectivity index (χ0) is 19.6. The number of aromatic nitrogens is 2. The molecule has 3 rings (SSSR count). The van der Waals surface area contributed by atoms with Crippen LogP contribution in [0.3, 0.4) is 0 Å². The van der Waals surface area contributed by atoms with E-state index >= 15 is 0 Å². The molecule has 1 aliphatic rings. The van der Waals surface area contributed by atoms with E-state index in [0.29, 0.717) is 15.6 Å². The zero-order valence-corrected chi connectivity index (χ0v) is 16.1. The monoisotopic (exact) mass is 404 g/mol. The van der Waals surface area contributed by atoms with Gasteiger partial charge in [0.25, 0.3) is 5.56 Å². The van der Waals surface area contributed by atoms with Crippen molar-refractivity contribution in [2.24, 2.45) is 0 Å². The molecular formula is C18H17ClN4O3S. The Labute approximate surface area is 165 Å². The third-order valence-corrected chi connectivity index (χ3v) is 5.38. The van der Waals surface area contributed by atoms with Crippen LogP contribution in [0.4, 0.5) is 11.4 Å². The lowest BCUT2D eigenvalue weighted by molar-refractivity contribution is -0.117. The molecular weight excluding hydrogens is 388 g/mol. The Kier molecular flexibility index (Phi) is 5.67. The number of amides is 2. The Morgan fingerprint density at radius 1 is 1.44 bits per heavy atom. The van der Waals surface area contributed by atoms with Gasteiger partial charge in [-0.3, -0.25) is 14.4 Å². The second kappa shape index (κ2) is 7.98. The van der Waals surface area contributed by atoms with Crippen LogP contribution in [0, 0.1) is 6.92 Å². The van der Waals surface area contributed by atoms with E-state index in [-0.39, 0.29) is 30.4 Å². The number of nitrogens with one attached hydrogen (secondary N) is 1. The summed E-state index contributed by atoms with van der Waals surface area (Å²) in [5.74, 6) is -0.365. The van der Waals surface area contributed by atoms with Gasteiger partial charge in [-0.2, -0.15) is 5.10 Å². The molecule has 0 aliphatic carbocycles. The fraction of sp³-hybridized carbons (Fsp3) is 0.222. The quantitative estimate of drug-likeness (QED) is 0.774. The van der Waals surface area contributed by atoms with Gasteiger partial charge < -0.3 is 10.2 Å². The molecule has 0 atom stereocenters. The number of hydrogen-bond donors (Lipinski definition) is 1. The van der Waals surface area contributed by atoms with Crippen molar-refractivity contribution in [3.8, 4) is 0 Å². The number of nitrogens with zero attached hydrogens (tertiary/aromatic N) is 3. The maximum Gasteiger partial charge on any atom is 0.292 e. The number of carbonyl (C=O) groups is 2. The molecule has 0 saturated heterocycles. The summed E-state index contributed by atoms with van der Waals surface area (Å²) in [4.78, 5) is 39.2. The SMILES string of the molecule is C=CCN1C(=O)CSc2cnn(CC(=O)Nc3ccc(C)c(Cl)c3)c(=O)c21. The molecule has 7 nitrogen and oxygen atoms in total. The summed E-state index contributed by atoms with van der Waals surface area (Å²) < 4.78 is 1.04. The van der Waals surface area contributed by atoms with E-state index in [1.54, 1.807) is 24.3 Å². The van der Waals surface area contributed by atoms with Gasteiger partial charge in [0.15, 0.2) is 0 Å². The van der Waals surface area contributed by atoms with E-state index in [1.165, 1.54) is 22.9 Å². The Morgan fingerprint density at radius 3 is 2.93 bits per heavy atom. The first-order valence-corrected chi connectivity index (χ1v) is 9.47. The van der Waals surface area contributed by atoms with Crippen LogP contribution in [-0.4, -0.2) is 33.9 Å². The number of anilines is 2. The van der Waals surface area contributed by atoms with Crippen molar-refractivity contribution in [1.29, 1.82) is 0 Å². The predicted molar refractivity (Wildman–Crippen MR) is 107 cm³/mol. The molecule has 0 spiro atoms. The molecule has 0 saturated carbocycles. The first-order chi connectivity index (χ1) is 12.9. The largest absolute Gasteiger partial charge is 0.324 e. The van der Waals surface area contributed by atoms with Crippen molar-refractivity contribution in [2.75, 3.05) is 22.5 Å². The highest BCUT2D eigenvalue weighted by Crippen LogP contribution is 2.31. The van der Waals surface area contributed by atoms with Crippen LogP contribution in [0.15, 0.2) is 46.7 Å². The Balaban J connectivity index is 1.84. The van der Waals surface area contributed by atoms with Crippen LogP contribution < -0.4 is 15.8 Å². The minimum Gasteiger partial charge on any atom is -0.324 e. The van der Waals surface area contributed by atoms with Crippen molar-refractivity contribution < 1.29 is 9.59 Å². The molecule has 27 heavy (non-hydrogen) atoms. The number of thioether (sulfide) groups is 1. The molecule has 0 bridgehead atoms. The van der Waals surface area contributed by atoms with E-state index in [0.717, 1.165) is 10.2 Å². The summed E-state index contributed by atoms with van der Waals surface area (Å²) in [5, 5.41) is 7.28. The van der Waals surface area contributed by atoms with Gasteiger partial charge in [0.05, 0.1) is 16.8 Å². The highest BCUT2D eigenvalue weighted by Gasteiger charge is 2.28. The summed E-state index contributed by atoms with van der Waals surface area (Å²) >= 11 is 7.31. The Morgan fingerprint density at radius 2 is 2.22 bits per heavy atom. The lowest BCUT2D eigenvalue weighted by Gasteiger charge is -2.27. The molecule has 2 amide bonds. The molecule has 0 radical (unpaired) electrons. The number of halogens is 1. The molecule has 1 aromatic carbocycles. The summed E-state index contributed by atoms with van der Waals surface area (Å²) in [6.45, 7) is 5.43. The zero-order valence-electron chi connectivity index (χ0n) is 14.6. The number of benzene rings is 1. The minimum atomic E-state index is -0.494. The van der Waals surface area contributed by atoms with Gasteiger partial charge in [0.1, 0.15) is 12.2 Å². The summed E-state index contributed by atoms with van der Waals surface area (Å²) in [6, 6.07) is 5.15. The van der Waals surface area contributed by atoms with Crippen LogP contribution in [0.5, 0.6) is 0 Å². The van der Waals surface area contributed by atoms with Crippen LogP contribution >= 0.6 is 23.4 Å². The third-order valence-electron chi connectivity index (χ3n) is 3.97. The predicted octanol–water partition coefficient (Wildman–Crippen LogP) is 2.47. The maximum absolute atomic E-state index is 12.8. The molecule has 1 N–H and O–H groups in total.